The molecule has 3 rings (SSSR count). The molecule has 0 aliphatic rings. The number of anilines is 1. The monoisotopic (exact) mass is 413 g/mol. The van der Waals surface area contributed by atoms with Gasteiger partial charge in [0.2, 0.25) is 11.5 Å². The van der Waals surface area contributed by atoms with Crippen molar-refractivity contribution in [3.63, 3.8) is 0 Å². The van der Waals surface area contributed by atoms with Crippen molar-refractivity contribution < 1.29 is 33.0 Å². The largest absolute Gasteiger partial charge is 0.493 e. The number of ether oxygens (including phenoxy) is 4. The number of fused-ring (bicyclic) bond motifs is 1. The van der Waals surface area contributed by atoms with Gasteiger partial charge in [-0.3, -0.25) is 9.59 Å². The minimum Gasteiger partial charge on any atom is -0.493 e. The third kappa shape index (κ3) is 3.90. The molecule has 3 aromatic rings. The van der Waals surface area contributed by atoms with Crippen LogP contribution in [0.25, 0.3) is 11.0 Å². The van der Waals surface area contributed by atoms with Crippen LogP contribution in [0.1, 0.15) is 20.9 Å². The minimum atomic E-state index is -0.756. The van der Waals surface area contributed by atoms with Gasteiger partial charge in [0.1, 0.15) is 5.58 Å². The first-order valence-electron chi connectivity index (χ1n) is 8.69. The quantitative estimate of drug-likeness (QED) is 0.614. The molecule has 1 N–H and O–H groups in total. The van der Waals surface area contributed by atoms with Crippen LogP contribution in [0.2, 0.25) is 0 Å². The summed E-state index contributed by atoms with van der Waals surface area (Å²) >= 11 is 0. The molecular weight excluding hydrogens is 394 g/mol. The van der Waals surface area contributed by atoms with Crippen LogP contribution < -0.4 is 25.0 Å². The van der Waals surface area contributed by atoms with Crippen LogP contribution in [-0.4, -0.2) is 40.3 Å². The first-order valence-corrected chi connectivity index (χ1v) is 8.69. The highest BCUT2D eigenvalue weighted by molar-refractivity contribution is 6.06. The molecule has 0 aliphatic heterocycles. The number of carbonyl (C=O) groups excluding carboxylic acids is 2. The molecule has 1 amide bonds. The Morgan fingerprint density at radius 1 is 0.900 bits per heavy atom. The van der Waals surface area contributed by atoms with E-state index in [1.165, 1.54) is 52.7 Å². The summed E-state index contributed by atoms with van der Waals surface area (Å²) in [6, 6.07) is 8.54. The molecule has 0 unspecified atom stereocenters. The third-order valence-corrected chi connectivity index (χ3v) is 4.30. The van der Waals surface area contributed by atoms with Gasteiger partial charge in [0.25, 0.3) is 5.91 Å². The molecule has 9 heteroatoms. The van der Waals surface area contributed by atoms with E-state index in [1.54, 1.807) is 6.07 Å². The zero-order valence-corrected chi connectivity index (χ0v) is 16.7. The lowest BCUT2D eigenvalue weighted by Gasteiger charge is -2.14. The summed E-state index contributed by atoms with van der Waals surface area (Å²) in [5.74, 6) is -0.392. The topological polar surface area (TPSA) is 113 Å². The molecule has 30 heavy (non-hydrogen) atoms. The van der Waals surface area contributed by atoms with Crippen LogP contribution in [0.3, 0.4) is 0 Å². The van der Waals surface area contributed by atoms with Crippen molar-refractivity contribution in [2.45, 2.75) is 0 Å². The van der Waals surface area contributed by atoms with E-state index in [9.17, 15) is 14.4 Å². The maximum absolute atomic E-state index is 12.7. The third-order valence-electron chi connectivity index (χ3n) is 4.30. The summed E-state index contributed by atoms with van der Waals surface area (Å²) in [4.78, 5) is 36.7. The summed E-state index contributed by atoms with van der Waals surface area (Å²) in [5, 5.41) is 2.90. The van der Waals surface area contributed by atoms with Crippen LogP contribution in [0.4, 0.5) is 5.69 Å². The van der Waals surface area contributed by atoms with Gasteiger partial charge in [-0.1, -0.05) is 0 Å². The van der Waals surface area contributed by atoms with Crippen molar-refractivity contribution in [1.29, 1.82) is 0 Å². The number of nitrogens with one attached hydrogen (secondary N) is 1. The number of amides is 1. The average Bonchev–Trinajstić information content (AvgIpc) is 2.77. The first kappa shape index (κ1) is 20.7. The Morgan fingerprint density at radius 3 is 2.13 bits per heavy atom. The van der Waals surface area contributed by atoms with Gasteiger partial charge in [-0.2, -0.15) is 0 Å². The van der Waals surface area contributed by atoms with Gasteiger partial charge < -0.3 is 28.7 Å². The van der Waals surface area contributed by atoms with E-state index in [0.29, 0.717) is 22.9 Å². The second kappa shape index (κ2) is 8.56. The number of esters is 1. The summed E-state index contributed by atoms with van der Waals surface area (Å²) in [6.07, 6.45) is 0. The maximum Gasteiger partial charge on any atom is 0.374 e. The summed E-state index contributed by atoms with van der Waals surface area (Å²) in [6.45, 7) is 0. The highest BCUT2D eigenvalue weighted by Crippen LogP contribution is 2.38. The van der Waals surface area contributed by atoms with E-state index >= 15 is 0 Å². The molecule has 1 aromatic heterocycles. The lowest BCUT2D eigenvalue weighted by Crippen LogP contribution is -2.13. The van der Waals surface area contributed by atoms with E-state index in [0.717, 1.165) is 6.07 Å². The van der Waals surface area contributed by atoms with Gasteiger partial charge in [0.05, 0.1) is 33.8 Å². The molecule has 9 nitrogen and oxygen atoms in total. The Balaban J connectivity index is 1.94. The van der Waals surface area contributed by atoms with Crippen LogP contribution >= 0.6 is 0 Å². The Morgan fingerprint density at radius 2 is 1.57 bits per heavy atom. The minimum absolute atomic E-state index is 0.189. The number of hydrogen-bond donors (Lipinski definition) is 1. The van der Waals surface area contributed by atoms with Crippen molar-refractivity contribution >= 4 is 28.5 Å². The Bertz CT molecular complexity index is 1160. The number of hydrogen-bond acceptors (Lipinski definition) is 8. The van der Waals surface area contributed by atoms with Crippen molar-refractivity contribution in [3.05, 3.63) is 57.9 Å². The molecule has 0 atom stereocenters. The van der Waals surface area contributed by atoms with Gasteiger partial charge in [0, 0.05) is 17.3 Å². The van der Waals surface area contributed by atoms with Gasteiger partial charge in [-0.15, -0.1) is 0 Å². The molecule has 156 valence electrons. The second-order valence-electron chi connectivity index (χ2n) is 6.05. The predicted octanol–water partition coefficient (Wildman–Crippen LogP) is 2.86. The molecule has 0 aliphatic carbocycles. The molecule has 0 spiro atoms. The Hall–Kier alpha value is -4.01. The number of carbonyl (C=O) groups is 2. The summed E-state index contributed by atoms with van der Waals surface area (Å²) < 4.78 is 25.7. The molecular formula is C21H19NO8. The van der Waals surface area contributed by atoms with Crippen molar-refractivity contribution in [2.75, 3.05) is 33.8 Å². The molecule has 0 fully saturated rings. The van der Waals surface area contributed by atoms with Gasteiger partial charge in [0.15, 0.2) is 16.9 Å². The van der Waals surface area contributed by atoms with E-state index in [1.807, 2.05) is 0 Å². The van der Waals surface area contributed by atoms with Crippen LogP contribution in [0.15, 0.2) is 45.6 Å². The van der Waals surface area contributed by atoms with Gasteiger partial charge in [-0.25, -0.2) is 4.79 Å². The Labute approximate surface area is 171 Å². The van der Waals surface area contributed by atoms with E-state index in [-0.39, 0.29) is 22.3 Å². The number of methoxy groups -OCH3 is 4. The van der Waals surface area contributed by atoms with Gasteiger partial charge in [-0.05, 0) is 30.3 Å². The van der Waals surface area contributed by atoms with Crippen LogP contribution in [-0.2, 0) is 4.74 Å². The summed E-state index contributed by atoms with van der Waals surface area (Å²) in [5.41, 5.74) is 0.367. The zero-order valence-electron chi connectivity index (χ0n) is 16.7. The van der Waals surface area contributed by atoms with E-state index in [2.05, 4.69) is 10.1 Å². The van der Waals surface area contributed by atoms with E-state index in [4.69, 9.17) is 18.6 Å². The predicted molar refractivity (Wildman–Crippen MR) is 108 cm³/mol. The molecule has 0 saturated carbocycles. The lowest BCUT2D eigenvalue weighted by molar-refractivity contribution is 0.0565. The van der Waals surface area contributed by atoms with Crippen molar-refractivity contribution in [2.24, 2.45) is 0 Å². The fraction of sp³-hybridized carbons (Fsp3) is 0.190. The van der Waals surface area contributed by atoms with E-state index < -0.39 is 17.3 Å². The first-order chi connectivity index (χ1) is 14.4. The average molecular weight is 413 g/mol. The number of benzene rings is 2. The smallest absolute Gasteiger partial charge is 0.374 e. The lowest BCUT2D eigenvalue weighted by atomic mass is 10.1. The molecule has 0 bridgehead atoms. The highest BCUT2D eigenvalue weighted by Gasteiger charge is 2.18. The zero-order chi connectivity index (χ0) is 21.8. The van der Waals surface area contributed by atoms with Gasteiger partial charge >= 0.3 is 5.97 Å². The number of rotatable bonds is 6. The normalized spacial score (nSPS) is 10.4. The van der Waals surface area contributed by atoms with Crippen LogP contribution in [0, 0.1) is 0 Å². The standard InChI is InChI=1S/C21H19NO8/c1-26-16-7-11(8-17(27-2)19(16)28-3)20(24)22-12-5-6-15-13(9-12)14(23)10-18(30-15)21(25)29-4/h5-10H,1-4H3,(H,22,24). The summed E-state index contributed by atoms with van der Waals surface area (Å²) in [7, 11) is 5.55. The maximum atomic E-state index is 12.7. The second-order valence-corrected chi connectivity index (χ2v) is 6.05. The van der Waals surface area contributed by atoms with Crippen LogP contribution in [0.5, 0.6) is 17.2 Å². The molecule has 2 aromatic carbocycles. The molecule has 1 heterocycles. The molecule has 0 saturated heterocycles. The SMILES string of the molecule is COC(=O)c1cc(=O)c2cc(NC(=O)c3cc(OC)c(OC)c(OC)c3)ccc2o1. The van der Waals surface area contributed by atoms with Crippen molar-refractivity contribution in [3.8, 4) is 17.2 Å². The Kier molecular flexibility index (Phi) is 5.91. The fourth-order valence-electron chi connectivity index (χ4n) is 2.85. The molecule has 0 radical (unpaired) electrons. The highest BCUT2D eigenvalue weighted by atomic mass is 16.5. The van der Waals surface area contributed by atoms with Crippen molar-refractivity contribution in [1.82, 2.24) is 0 Å². The fourth-order valence-corrected chi connectivity index (χ4v) is 2.85.